The monoisotopic (exact) mass is 295 g/mol. The van der Waals surface area contributed by atoms with Crippen molar-refractivity contribution < 1.29 is 13.9 Å². The Morgan fingerprint density at radius 2 is 1.95 bits per heavy atom. The fraction of sp³-hybridized carbons (Fsp3) is 0.588. The number of halogens is 1. The Bertz CT molecular complexity index is 472. The van der Waals surface area contributed by atoms with Crippen LogP contribution in [-0.2, 0) is 0 Å². The van der Waals surface area contributed by atoms with Gasteiger partial charge in [0.15, 0.2) is 5.78 Å². The van der Waals surface area contributed by atoms with E-state index < -0.39 is 5.82 Å². The Labute approximate surface area is 127 Å². The number of ketones is 1. The molecule has 0 aromatic heterocycles. The molecule has 0 atom stereocenters. The molecule has 0 spiro atoms. The van der Waals surface area contributed by atoms with E-state index in [1.54, 1.807) is 12.1 Å². The number of ether oxygens (including phenoxy) is 1. The van der Waals surface area contributed by atoms with Crippen molar-refractivity contribution >= 4 is 5.78 Å². The molecule has 1 aromatic rings. The third kappa shape index (κ3) is 5.12. The van der Waals surface area contributed by atoms with Crippen LogP contribution < -0.4 is 4.74 Å². The van der Waals surface area contributed by atoms with E-state index in [-0.39, 0.29) is 11.3 Å². The second kappa shape index (κ2) is 8.13. The minimum absolute atomic E-state index is 0.0632. The maximum atomic E-state index is 13.9. The first-order chi connectivity index (χ1) is 9.86. The van der Waals surface area contributed by atoms with E-state index in [2.05, 4.69) is 32.6 Å². The highest BCUT2D eigenvalue weighted by molar-refractivity contribution is 5.99. The van der Waals surface area contributed by atoms with E-state index in [1.807, 2.05) is 0 Å². The molecule has 0 bridgehead atoms. The minimum Gasteiger partial charge on any atom is -0.496 e. The van der Waals surface area contributed by atoms with Gasteiger partial charge in [-0.15, -0.1) is 0 Å². The third-order valence-corrected chi connectivity index (χ3v) is 3.43. The van der Waals surface area contributed by atoms with Crippen LogP contribution in [0, 0.1) is 11.7 Å². The predicted octanol–water partition coefficient (Wildman–Crippen LogP) is 3.77. The normalized spacial score (nSPS) is 11.5. The second-order valence-electron chi connectivity index (χ2n) is 5.97. The topological polar surface area (TPSA) is 29.5 Å². The molecule has 21 heavy (non-hydrogen) atoms. The first-order valence-electron chi connectivity index (χ1n) is 7.46. The Kier molecular flexibility index (Phi) is 6.82. The molecule has 0 radical (unpaired) electrons. The maximum absolute atomic E-state index is 13.9. The van der Waals surface area contributed by atoms with Crippen molar-refractivity contribution in [3.05, 3.63) is 29.6 Å². The number of carbonyl (C=O) groups excluding carboxylic acids is 1. The van der Waals surface area contributed by atoms with Gasteiger partial charge in [0.2, 0.25) is 0 Å². The number of carbonyl (C=O) groups is 1. The van der Waals surface area contributed by atoms with Gasteiger partial charge in [0, 0.05) is 25.6 Å². The Morgan fingerprint density at radius 3 is 2.48 bits per heavy atom. The Hall–Kier alpha value is -1.42. The van der Waals surface area contributed by atoms with Crippen molar-refractivity contribution in [1.82, 2.24) is 4.90 Å². The van der Waals surface area contributed by atoms with Gasteiger partial charge in [-0.3, -0.25) is 4.79 Å². The quantitative estimate of drug-likeness (QED) is 0.684. The van der Waals surface area contributed by atoms with Gasteiger partial charge in [-0.05, 0) is 31.9 Å². The van der Waals surface area contributed by atoms with E-state index >= 15 is 0 Å². The number of Topliss-reactive ketones (excluding diaryl/α,β-unsaturated/α-hetero) is 1. The zero-order valence-corrected chi connectivity index (χ0v) is 13.6. The van der Waals surface area contributed by atoms with Crippen LogP contribution >= 0.6 is 0 Å². The second-order valence-corrected chi connectivity index (χ2v) is 5.97. The highest BCUT2D eigenvalue weighted by Gasteiger charge is 2.19. The van der Waals surface area contributed by atoms with Gasteiger partial charge in [-0.2, -0.15) is 0 Å². The van der Waals surface area contributed by atoms with Crippen LogP contribution in [0.1, 0.15) is 44.5 Å². The largest absolute Gasteiger partial charge is 0.496 e. The molecule has 0 fully saturated rings. The number of rotatable bonds is 8. The molecule has 0 saturated carbocycles. The molecular weight excluding hydrogens is 269 g/mol. The molecule has 4 heteroatoms. The molecular formula is C17H26FNO2. The zero-order valence-electron chi connectivity index (χ0n) is 13.6. The van der Waals surface area contributed by atoms with Crippen LogP contribution in [-0.4, -0.2) is 36.9 Å². The summed E-state index contributed by atoms with van der Waals surface area (Å²) < 4.78 is 19.0. The first-order valence-corrected chi connectivity index (χ1v) is 7.46. The van der Waals surface area contributed by atoms with Crippen molar-refractivity contribution in [3.63, 3.8) is 0 Å². The van der Waals surface area contributed by atoms with Crippen LogP contribution in [0.5, 0.6) is 5.75 Å². The van der Waals surface area contributed by atoms with Crippen LogP contribution in [0.15, 0.2) is 18.2 Å². The number of nitrogens with zero attached hydrogens (tertiary/aromatic N) is 1. The van der Waals surface area contributed by atoms with E-state index in [4.69, 9.17) is 4.74 Å². The molecule has 0 aliphatic rings. The Balaban J connectivity index is 2.77. The number of hydrogen-bond donors (Lipinski definition) is 0. The van der Waals surface area contributed by atoms with Gasteiger partial charge in [0.1, 0.15) is 11.6 Å². The predicted molar refractivity (Wildman–Crippen MR) is 83.4 cm³/mol. The van der Waals surface area contributed by atoms with Gasteiger partial charge in [0.05, 0.1) is 12.7 Å². The fourth-order valence-electron chi connectivity index (χ4n) is 2.34. The zero-order chi connectivity index (χ0) is 16.0. The summed E-state index contributed by atoms with van der Waals surface area (Å²) in [6, 6.07) is 4.82. The molecule has 0 amide bonds. The molecule has 1 rings (SSSR count). The molecule has 0 aliphatic carbocycles. The molecule has 1 aromatic carbocycles. The van der Waals surface area contributed by atoms with Crippen LogP contribution in [0.4, 0.5) is 4.39 Å². The molecule has 0 saturated heterocycles. The lowest BCUT2D eigenvalue weighted by Crippen LogP contribution is -2.35. The van der Waals surface area contributed by atoms with Crippen LogP contribution in [0.2, 0.25) is 0 Å². The van der Waals surface area contributed by atoms with Gasteiger partial charge in [0.25, 0.3) is 0 Å². The highest BCUT2D eigenvalue weighted by atomic mass is 19.1. The summed E-state index contributed by atoms with van der Waals surface area (Å²) in [5.41, 5.74) is 0.0632. The number of methoxy groups -OCH3 is 1. The molecule has 0 heterocycles. The Morgan fingerprint density at radius 1 is 1.29 bits per heavy atom. The minimum atomic E-state index is -0.515. The van der Waals surface area contributed by atoms with Gasteiger partial charge < -0.3 is 9.64 Å². The van der Waals surface area contributed by atoms with E-state index in [1.165, 1.54) is 13.2 Å². The lowest BCUT2D eigenvalue weighted by molar-refractivity contribution is 0.0943. The van der Waals surface area contributed by atoms with E-state index in [0.29, 0.717) is 30.7 Å². The number of benzene rings is 1. The summed E-state index contributed by atoms with van der Waals surface area (Å²) in [5, 5.41) is 0. The summed E-state index contributed by atoms with van der Waals surface area (Å²) in [7, 11) is 1.45. The standard InChI is InChI=1S/C17H26FNO2/c1-12(2)11-19(13(3)4)10-9-15(20)17-14(18)7-6-8-16(17)21-5/h6-8,12-13H,9-11H2,1-5H3. The molecule has 3 nitrogen and oxygen atoms in total. The summed E-state index contributed by atoms with van der Waals surface area (Å²) in [5.74, 6) is 0.115. The van der Waals surface area contributed by atoms with Gasteiger partial charge in [-0.1, -0.05) is 19.9 Å². The van der Waals surface area contributed by atoms with E-state index in [9.17, 15) is 9.18 Å². The summed E-state index contributed by atoms with van der Waals surface area (Å²) >= 11 is 0. The van der Waals surface area contributed by atoms with Gasteiger partial charge in [-0.25, -0.2) is 4.39 Å². The van der Waals surface area contributed by atoms with Crippen molar-refractivity contribution in [3.8, 4) is 5.75 Å². The smallest absolute Gasteiger partial charge is 0.170 e. The first kappa shape index (κ1) is 17.6. The number of hydrogen-bond acceptors (Lipinski definition) is 3. The molecule has 0 N–H and O–H groups in total. The highest BCUT2D eigenvalue weighted by Crippen LogP contribution is 2.23. The third-order valence-electron chi connectivity index (χ3n) is 3.43. The van der Waals surface area contributed by atoms with Crippen LogP contribution in [0.3, 0.4) is 0 Å². The van der Waals surface area contributed by atoms with Crippen molar-refractivity contribution in [2.75, 3.05) is 20.2 Å². The molecule has 118 valence electrons. The van der Waals surface area contributed by atoms with Gasteiger partial charge >= 0.3 is 0 Å². The molecule has 0 aliphatic heterocycles. The summed E-state index contributed by atoms with van der Waals surface area (Å²) in [6.45, 7) is 10.1. The van der Waals surface area contributed by atoms with Crippen LogP contribution in [0.25, 0.3) is 0 Å². The summed E-state index contributed by atoms with van der Waals surface area (Å²) in [6.07, 6.45) is 0.294. The maximum Gasteiger partial charge on any atom is 0.170 e. The van der Waals surface area contributed by atoms with E-state index in [0.717, 1.165) is 6.54 Å². The van der Waals surface area contributed by atoms with Crippen molar-refractivity contribution in [2.24, 2.45) is 5.92 Å². The average Bonchev–Trinajstić information content (AvgIpc) is 2.41. The lowest BCUT2D eigenvalue weighted by Gasteiger charge is -2.28. The molecule has 0 unspecified atom stereocenters. The van der Waals surface area contributed by atoms with Crippen molar-refractivity contribution in [1.29, 1.82) is 0 Å². The lowest BCUT2D eigenvalue weighted by atomic mass is 10.1. The fourth-order valence-corrected chi connectivity index (χ4v) is 2.34. The SMILES string of the molecule is COc1cccc(F)c1C(=O)CCN(CC(C)C)C(C)C. The average molecular weight is 295 g/mol. The van der Waals surface area contributed by atoms with Crippen molar-refractivity contribution in [2.45, 2.75) is 40.2 Å². The summed E-state index contributed by atoms with van der Waals surface area (Å²) in [4.78, 5) is 14.6.